The van der Waals surface area contributed by atoms with Crippen molar-refractivity contribution in [2.24, 2.45) is 0 Å². The number of benzene rings is 2. The van der Waals surface area contributed by atoms with Crippen molar-refractivity contribution >= 4 is 39.6 Å². The van der Waals surface area contributed by atoms with Crippen molar-refractivity contribution in [3.05, 3.63) is 65.7 Å². The molecule has 0 radical (unpaired) electrons. The second kappa shape index (κ2) is 10.9. The Kier molecular flexibility index (Phi) is 8.13. The zero-order valence-corrected chi connectivity index (χ0v) is 19.4. The van der Waals surface area contributed by atoms with Gasteiger partial charge >= 0.3 is 6.18 Å². The summed E-state index contributed by atoms with van der Waals surface area (Å²) in [6.07, 6.45) is -4.86. The first-order chi connectivity index (χ1) is 16.5. The molecule has 2 aromatic carbocycles. The van der Waals surface area contributed by atoms with Gasteiger partial charge in [-0.3, -0.25) is 9.59 Å². The molecule has 2 heterocycles. The number of para-hydroxylation sites is 1. The van der Waals surface area contributed by atoms with E-state index in [0.717, 1.165) is 10.2 Å². The number of rotatable bonds is 5. The second-order valence-corrected chi connectivity index (χ2v) is 8.97. The Balaban J connectivity index is 0.000000237. The normalized spacial score (nSPS) is 15.1. The van der Waals surface area contributed by atoms with E-state index in [4.69, 9.17) is 10.5 Å². The summed E-state index contributed by atoms with van der Waals surface area (Å²) in [4.78, 5) is 28.0. The van der Waals surface area contributed by atoms with Gasteiger partial charge in [0.25, 0.3) is 12.4 Å². The first-order valence-corrected chi connectivity index (χ1v) is 11.4. The summed E-state index contributed by atoms with van der Waals surface area (Å²) in [5.74, 6) is 0.297. The van der Waals surface area contributed by atoms with Crippen molar-refractivity contribution < 1.29 is 32.6 Å². The van der Waals surface area contributed by atoms with Crippen molar-refractivity contribution in [3.63, 3.8) is 0 Å². The molecule has 4 rings (SSSR count). The molecule has 1 amide bonds. The lowest BCUT2D eigenvalue weighted by atomic mass is 9.85. The molecule has 0 spiro atoms. The van der Waals surface area contributed by atoms with Crippen LogP contribution in [0.25, 0.3) is 10.2 Å². The minimum absolute atomic E-state index is 0.0861. The Labute approximate surface area is 203 Å². The third-order valence-corrected chi connectivity index (χ3v) is 6.38. The number of aromatic nitrogens is 1. The summed E-state index contributed by atoms with van der Waals surface area (Å²) in [6, 6.07) is 11.9. The number of amides is 1. The topological polar surface area (TPSA) is 106 Å². The molecule has 7 nitrogen and oxygen atoms in total. The van der Waals surface area contributed by atoms with Crippen LogP contribution in [-0.2, 0) is 4.79 Å². The van der Waals surface area contributed by atoms with Gasteiger partial charge in [-0.1, -0.05) is 12.6 Å². The Morgan fingerprint density at radius 2 is 1.89 bits per heavy atom. The summed E-state index contributed by atoms with van der Waals surface area (Å²) in [7, 11) is 0. The van der Waals surface area contributed by atoms with Crippen molar-refractivity contribution in [2.45, 2.75) is 31.0 Å². The minimum atomic E-state index is -4.51. The van der Waals surface area contributed by atoms with Gasteiger partial charge in [-0.25, -0.2) is 4.98 Å². The lowest BCUT2D eigenvalue weighted by Gasteiger charge is -2.38. The maximum atomic E-state index is 12.5. The number of hydrogen-bond acceptors (Lipinski definition) is 7. The molecule has 0 atom stereocenters. The lowest BCUT2D eigenvalue weighted by Crippen LogP contribution is -2.47. The van der Waals surface area contributed by atoms with E-state index in [1.165, 1.54) is 16.2 Å². The van der Waals surface area contributed by atoms with Gasteiger partial charge in [-0.15, -0.1) is 11.3 Å². The summed E-state index contributed by atoms with van der Waals surface area (Å²) in [6.45, 7) is 3.81. The van der Waals surface area contributed by atoms with E-state index in [9.17, 15) is 27.9 Å². The Morgan fingerprint density at radius 3 is 2.49 bits per heavy atom. The zero-order chi connectivity index (χ0) is 25.6. The van der Waals surface area contributed by atoms with Gasteiger partial charge in [0.2, 0.25) is 0 Å². The Hall–Kier alpha value is -3.44. The highest BCUT2D eigenvalue weighted by Gasteiger charge is 2.40. The fourth-order valence-electron chi connectivity index (χ4n) is 3.62. The van der Waals surface area contributed by atoms with Crippen LogP contribution in [0, 0.1) is 0 Å². The predicted octanol–water partition coefficient (Wildman–Crippen LogP) is 4.58. The number of aliphatic hydroxyl groups is 1. The smallest absolute Gasteiger partial charge is 0.412 e. The van der Waals surface area contributed by atoms with E-state index >= 15 is 0 Å². The number of alkyl halides is 3. The van der Waals surface area contributed by atoms with Crippen LogP contribution in [-0.4, -0.2) is 52.2 Å². The van der Waals surface area contributed by atoms with Crippen LogP contribution in [0.1, 0.15) is 29.6 Å². The van der Waals surface area contributed by atoms with Gasteiger partial charge in [0.15, 0.2) is 5.75 Å². The van der Waals surface area contributed by atoms with Gasteiger partial charge in [0.1, 0.15) is 5.52 Å². The highest BCUT2D eigenvalue weighted by atomic mass is 32.1. The maximum absolute atomic E-state index is 12.5. The molecule has 3 aromatic rings. The SMILES string of the molecule is C=C(CC1(O)CCN(C(=O)c2ccc(N)cc2)CC1)C(F)(F)F.O=COc1cccc2scnc12. The number of anilines is 1. The molecule has 11 heteroatoms. The molecule has 1 aliphatic rings. The average molecular weight is 508 g/mol. The molecule has 1 aliphatic heterocycles. The summed E-state index contributed by atoms with van der Waals surface area (Å²) < 4.78 is 43.4. The van der Waals surface area contributed by atoms with Crippen LogP contribution in [0.4, 0.5) is 18.9 Å². The molecule has 1 fully saturated rings. The molecule has 1 aromatic heterocycles. The number of nitrogens with two attached hydrogens (primary N) is 1. The van der Waals surface area contributed by atoms with Gasteiger partial charge in [0, 0.05) is 36.3 Å². The predicted molar refractivity (Wildman–Crippen MR) is 127 cm³/mol. The molecule has 35 heavy (non-hydrogen) atoms. The van der Waals surface area contributed by atoms with Crippen LogP contribution < -0.4 is 10.5 Å². The molecule has 0 unspecified atom stereocenters. The van der Waals surface area contributed by atoms with Crippen LogP contribution in [0.2, 0.25) is 0 Å². The fourth-order valence-corrected chi connectivity index (χ4v) is 4.31. The molecule has 1 saturated heterocycles. The highest BCUT2D eigenvalue weighted by molar-refractivity contribution is 7.16. The van der Waals surface area contributed by atoms with Crippen molar-refractivity contribution in [2.75, 3.05) is 18.8 Å². The van der Waals surface area contributed by atoms with Crippen molar-refractivity contribution in [1.82, 2.24) is 9.88 Å². The van der Waals surface area contributed by atoms with Crippen LogP contribution in [0.3, 0.4) is 0 Å². The maximum Gasteiger partial charge on any atom is 0.412 e. The van der Waals surface area contributed by atoms with Crippen LogP contribution in [0.5, 0.6) is 5.75 Å². The van der Waals surface area contributed by atoms with Gasteiger partial charge < -0.3 is 20.5 Å². The monoisotopic (exact) mass is 507 g/mol. The van der Waals surface area contributed by atoms with Gasteiger partial charge in [-0.2, -0.15) is 13.2 Å². The number of likely N-dealkylation sites (tertiary alicyclic amines) is 1. The molecule has 3 N–H and O–H groups in total. The average Bonchev–Trinajstić information content (AvgIpc) is 3.29. The van der Waals surface area contributed by atoms with E-state index in [2.05, 4.69) is 11.6 Å². The second-order valence-electron chi connectivity index (χ2n) is 8.09. The number of thiazole rings is 1. The third-order valence-electron chi connectivity index (χ3n) is 5.58. The summed E-state index contributed by atoms with van der Waals surface area (Å²) in [5, 5.41) is 10.3. The summed E-state index contributed by atoms with van der Waals surface area (Å²) >= 11 is 1.52. The van der Waals surface area contributed by atoms with E-state index in [1.807, 2.05) is 12.1 Å². The number of hydrogen-bond donors (Lipinski definition) is 2. The third kappa shape index (κ3) is 6.80. The molecule has 0 bridgehead atoms. The van der Waals surface area contributed by atoms with E-state index in [-0.39, 0.29) is 31.8 Å². The number of nitrogen functional groups attached to an aromatic ring is 1. The molecule has 0 aliphatic carbocycles. The zero-order valence-electron chi connectivity index (χ0n) is 18.6. The largest absolute Gasteiger partial charge is 0.426 e. The number of halogens is 3. The first-order valence-electron chi connectivity index (χ1n) is 10.6. The van der Waals surface area contributed by atoms with E-state index in [0.29, 0.717) is 23.5 Å². The number of nitrogens with zero attached hydrogens (tertiary/aromatic N) is 2. The van der Waals surface area contributed by atoms with Gasteiger partial charge in [0.05, 0.1) is 15.8 Å². The van der Waals surface area contributed by atoms with E-state index in [1.54, 1.807) is 35.8 Å². The fraction of sp³-hybridized carbons (Fsp3) is 0.292. The Bertz CT molecular complexity index is 1190. The number of fused-ring (bicyclic) bond motifs is 1. The summed E-state index contributed by atoms with van der Waals surface area (Å²) in [5.41, 5.74) is 6.62. The molecular weight excluding hydrogens is 483 g/mol. The number of carbonyl (C=O) groups excluding carboxylic acids is 2. The molecular formula is C24H24F3N3O4S. The molecule has 186 valence electrons. The standard InChI is InChI=1S/C16H19F3N2O2.C8H5NO2S/c1-11(16(17,18)19)10-15(23)6-8-21(9-7-15)14(22)12-2-4-13(20)5-3-12;10-5-11-6-2-1-3-7-8(6)9-4-12-7/h2-5,23H,1,6-10,20H2;1-5H. The number of piperidine rings is 1. The number of ether oxygens (including phenoxy) is 1. The molecule has 0 saturated carbocycles. The van der Waals surface area contributed by atoms with Crippen molar-refractivity contribution in [1.29, 1.82) is 0 Å². The van der Waals surface area contributed by atoms with Gasteiger partial charge in [-0.05, 0) is 49.2 Å². The van der Waals surface area contributed by atoms with Crippen molar-refractivity contribution in [3.8, 4) is 5.75 Å². The van der Waals surface area contributed by atoms with E-state index < -0.39 is 23.8 Å². The minimum Gasteiger partial charge on any atom is -0.426 e. The van der Waals surface area contributed by atoms with Crippen LogP contribution in [0.15, 0.2) is 60.1 Å². The quantitative estimate of drug-likeness (QED) is 0.298. The Morgan fingerprint density at radius 1 is 1.23 bits per heavy atom. The highest BCUT2D eigenvalue weighted by Crippen LogP contribution is 2.35. The first kappa shape index (κ1) is 26.2. The lowest BCUT2D eigenvalue weighted by molar-refractivity contribution is -0.120. The van der Waals surface area contributed by atoms with Crippen LogP contribution >= 0.6 is 11.3 Å². The number of carbonyl (C=O) groups is 2.